The Morgan fingerprint density at radius 1 is 1.45 bits per heavy atom. The number of alkyl halides is 1. The van der Waals surface area contributed by atoms with Crippen LogP contribution in [-0.2, 0) is 22.4 Å². The van der Waals surface area contributed by atoms with Gasteiger partial charge in [0.25, 0.3) is 0 Å². The summed E-state index contributed by atoms with van der Waals surface area (Å²) in [6.07, 6.45) is 1.62. The minimum atomic E-state index is -3.66. The molecule has 0 saturated heterocycles. The first-order valence-electron chi connectivity index (χ1n) is 5.65. The molecule has 0 amide bonds. The maximum absolute atomic E-state index is 12.5. The predicted octanol–water partition coefficient (Wildman–Crippen LogP) is 3.00. The molecule has 0 fully saturated rings. The molecule has 2 heterocycles. The smallest absolute Gasteiger partial charge is 0.247 e. The molecule has 0 aliphatic heterocycles. The summed E-state index contributed by atoms with van der Waals surface area (Å²) in [5, 5.41) is 0. The van der Waals surface area contributed by atoms with E-state index in [1.165, 1.54) is 17.4 Å². The fourth-order valence-corrected chi connectivity index (χ4v) is 3.84. The molecule has 0 unspecified atom stereocenters. The van der Waals surface area contributed by atoms with E-state index in [-0.39, 0.29) is 22.0 Å². The quantitative estimate of drug-likeness (QED) is 0.749. The standard InChI is InChI=1S/C12H12BrClN2O3S/c1-16(8-9-4-2-3-5-15-9)20(17,18)11-6-10(7-14)19-12(11)13/h2-6H,7-8H2,1H3. The second kappa shape index (κ2) is 6.26. The molecule has 0 aromatic carbocycles. The van der Waals surface area contributed by atoms with E-state index in [1.54, 1.807) is 18.3 Å². The fraction of sp³-hybridized carbons (Fsp3) is 0.250. The topological polar surface area (TPSA) is 63.4 Å². The molecule has 20 heavy (non-hydrogen) atoms. The van der Waals surface area contributed by atoms with E-state index in [1.807, 2.05) is 6.07 Å². The summed E-state index contributed by atoms with van der Waals surface area (Å²) < 4.78 is 31.5. The van der Waals surface area contributed by atoms with Crippen LogP contribution in [0, 0.1) is 0 Å². The lowest BCUT2D eigenvalue weighted by molar-refractivity contribution is 0.456. The van der Waals surface area contributed by atoms with Crippen molar-refractivity contribution in [1.29, 1.82) is 0 Å². The molecule has 0 saturated carbocycles. The number of hydrogen-bond donors (Lipinski definition) is 0. The van der Waals surface area contributed by atoms with Crippen molar-refractivity contribution in [2.24, 2.45) is 0 Å². The van der Waals surface area contributed by atoms with Crippen molar-refractivity contribution >= 4 is 37.6 Å². The van der Waals surface area contributed by atoms with Crippen molar-refractivity contribution in [3.63, 3.8) is 0 Å². The molecule has 0 radical (unpaired) electrons. The van der Waals surface area contributed by atoms with Gasteiger partial charge in [0.05, 0.1) is 18.1 Å². The number of hydrogen-bond acceptors (Lipinski definition) is 4. The number of rotatable bonds is 5. The van der Waals surface area contributed by atoms with Gasteiger partial charge in [-0.25, -0.2) is 8.42 Å². The molecule has 5 nitrogen and oxygen atoms in total. The maximum Gasteiger partial charge on any atom is 0.247 e. The third kappa shape index (κ3) is 3.22. The minimum absolute atomic E-state index is 0.0616. The summed E-state index contributed by atoms with van der Waals surface area (Å²) in [5.41, 5.74) is 0.663. The lowest BCUT2D eigenvalue weighted by atomic mass is 10.3. The Kier molecular flexibility index (Phi) is 4.85. The van der Waals surface area contributed by atoms with Crippen LogP contribution in [0.1, 0.15) is 11.5 Å². The highest BCUT2D eigenvalue weighted by atomic mass is 79.9. The lowest BCUT2D eigenvalue weighted by Crippen LogP contribution is -2.26. The Balaban J connectivity index is 2.27. The van der Waals surface area contributed by atoms with Crippen molar-refractivity contribution in [1.82, 2.24) is 9.29 Å². The average Bonchev–Trinajstić information content (AvgIpc) is 2.82. The summed E-state index contributed by atoms with van der Waals surface area (Å²) in [5.74, 6) is 0.501. The summed E-state index contributed by atoms with van der Waals surface area (Å²) in [6, 6.07) is 6.77. The summed E-state index contributed by atoms with van der Waals surface area (Å²) >= 11 is 8.74. The van der Waals surface area contributed by atoms with Gasteiger partial charge in [0.1, 0.15) is 10.7 Å². The van der Waals surface area contributed by atoms with Crippen LogP contribution in [-0.4, -0.2) is 24.8 Å². The van der Waals surface area contributed by atoms with E-state index in [0.29, 0.717) is 11.5 Å². The normalized spacial score (nSPS) is 12.0. The van der Waals surface area contributed by atoms with Crippen LogP contribution in [0.25, 0.3) is 0 Å². The molecule has 2 rings (SSSR count). The van der Waals surface area contributed by atoms with Gasteiger partial charge < -0.3 is 4.42 Å². The Hall–Kier alpha value is -0.890. The zero-order chi connectivity index (χ0) is 14.8. The number of halogens is 2. The second-order valence-corrected chi connectivity index (χ2v) is 7.07. The molecule has 8 heteroatoms. The van der Waals surface area contributed by atoms with Crippen LogP contribution in [0.2, 0.25) is 0 Å². The summed E-state index contributed by atoms with van der Waals surface area (Å²) in [7, 11) is -2.17. The summed E-state index contributed by atoms with van der Waals surface area (Å²) in [4.78, 5) is 4.17. The monoisotopic (exact) mass is 378 g/mol. The Morgan fingerprint density at radius 3 is 2.75 bits per heavy atom. The lowest BCUT2D eigenvalue weighted by Gasteiger charge is -2.15. The number of aromatic nitrogens is 1. The van der Waals surface area contributed by atoms with Crippen molar-refractivity contribution in [2.45, 2.75) is 17.3 Å². The Labute approximate surface area is 130 Å². The second-order valence-electron chi connectivity index (χ2n) is 4.07. The van der Waals surface area contributed by atoms with Crippen molar-refractivity contribution in [3.8, 4) is 0 Å². The minimum Gasteiger partial charge on any atom is -0.452 e. The van der Waals surface area contributed by atoms with Gasteiger partial charge in [0.15, 0.2) is 4.67 Å². The molecule has 0 N–H and O–H groups in total. The first-order valence-corrected chi connectivity index (χ1v) is 8.42. The molecule has 0 aliphatic rings. The molecule has 0 aliphatic carbocycles. The number of furan rings is 1. The first kappa shape index (κ1) is 15.5. The summed E-state index contributed by atoms with van der Waals surface area (Å²) in [6.45, 7) is 0.178. The highest BCUT2D eigenvalue weighted by Crippen LogP contribution is 2.29. The molecule has 0 spiro atoms. The van der Waals surface area contributed by atoms with Crippen molar-refractivity contribution in [3.05, 3.63) is 46.6 Å². The Morgan fingerprint density at radius 2 is 2.20 bits per heavy atom. The maximum atomic E-state index is 12.5. The van der Waals surface area contributed by atoms with Gasteiger partial charge in [-0.2, -0.15) is 4.31 Å². The van der Waals surface area contributed by atoms with E-state index in [4.69, 9.17) is 16.0 Å². The SMILES string of the molecule is CN(Cc1ccccn1)S(=O)(=O)c1cc(CCl)oc1Br. The molecule has 0 bridgehead atoms. The van der Waals surface area contributed by atoms with Gasteiger partial charge in [-0.3, -0.25) is 4.98 Å². The van der Waals surface area contributed by atoms with Crippen LogP contribution in [0.15, 0.2) is 44.4 Å². The number of nitrogens with zero attached hydrogens (tertiary/aromatic N) is 2. The largest absolute Gasteiger partial charge is 0.452 e. The number of sulfonamides is 1. The molecule has 2 aromatic rings. The van der Waals surface area contributed by atoms with Crippen LogP contribution < -0.4 is 0 Å². The van der Waals surface area contributed by atoms with Gasteiger partial charge in [0, 0.05) is 19.3 Å². The molecular formula is C12H12BrClN2O3S. The molecule has 2 aromatic heterocycles. The third-order valence-electron chi connectivity index (χ3n) is 2.64. The predicted molar refractivity (Wildman–Crippen MR) is 78.9 cm³/mol. The van der Waals surface area contributed by atoms with E-state index in [9.17, 15) is 8.42 Å². The molecule has 0 atom stereocenters. The van der Waals surface area contributed by atoms with E-state index >= 15 is 0 Å². The number of pyridine rings is 1. The van der Waals surface area contributed by atoms with Crippen molar-refractivity contribution < 1.29 is 12.8 Å². The van der Waals surface area contributed by atoms with Gasteiger partial charge >= 0.3 is 0 Å². The van der Waals surface area contributed by atoms with Gasteiger partial charge in [-0.05, 0) is 28.1 Å². The zero-order valence-electron chi connectivity index (χ0n) is 10.6. The molecular weight excluding hydrogens is 368 g/mol. The highest BCUT2D eigenvalue weighted by Gasteiger charge is 2.27. The third-order valence-corrected chi connectivity index (χ3v) is 5.56. The van der Waals surface area contributed by atoms with E-state index < -0.39 is 10.0 Å². The van der Waals surface area contributed by atoms with Gasteiger partial charge in [-0.1, -0.05) is 6.07 Å². The van der Waals surface area contributed by atoms with Crippen LogP contribution >= 0.6 is 27.5 Å². The van der Waals surface area contributed by atoms with Gasteiger partial charge in [0.2, 0.25) is 10.0 Å². The fourth-order valence-electron chi connectivity index (χ4n) is 1.61. The first-order chi connectivity index (χ1) is 9.45. The van der Waals surface area contributed by atoms with Crippen LogP contribution in [0.4, 0.5) is 0 Å². The van der Waals surface area contributed by atoms with E-state index in [2.05, 4.69) is 20.9 Å². The average molecular weight is 380 g/mol. The highest BCUT2D eigenvalue weighted by molar-refractivity contribution is 9.10. The van der Waals surface area contributed by atoms with E-state index in [0.717, 1.165) is 0 Å². The Bertz CT molecular complexity index is 688. The van der Waals surface area contributed by atoms with Crippen LogP contribution in [0.5, 0.6) is 0 Å². The zero-order valence-corrected chi connectivity index (χ0v) is 13.7. The van der Waals surface area contributed by atoms with Crippen molar-refractivity contribution in [2.75, 3.05) is 7.05 Å². The van der Waals surface area contributed by atoms with Crippen LogP contribution in [0.3, 0.4) is 0 Å². The molecule has 108 valence electrons. The van der Waals surface area contributed by atoms with Gasteiger partial charge in [-0.15, -0.1) is 11.6 Å².